The summed E-state index contributed by atoms with van der Waals surface area (Å²) in [6.07, 6.45) is 1.22. The summed E-state index contributed by atoms with van der Waals surface area (Å²) in [7, 11) is 0. The topological polar surface area (TPSA) is 105 Å². The number of carboxylic acid groups (broad SMARTS) is 1. The van der Waals surface area contributed by atoms with Crippen LogP contribution in [0.5, 0.6) is 0 Å². The number of benzene rings is 2. The van der Waals surface area contributed by atoms with Gasteiger partial charge in [-0.15, -0.1) is 0 Å². The Kier molecular flexibility index (Phi) is 8.68. The number of carbonyl (C=O) groups excluding carboxylic acids is 2. The smallest absolute Gasteiger partial charge is 0.407 e. The third-order valence-corrected chi connectivity index (χ3v) is 6.33. The van der Waals surface area contributed by atoms with Gasteiger partial charge >= 0.3 is 12.1 Å². The first-order valence-corrected chi connectivity index (χ1v) is 12.0. The maximum atomic E-state index is 12.9. The van der Waals surface area contributed by atoms with Gasteiger partial charge in [-0.25, -0.2) is 4.79 Å². The van der Waals surface area contributed by atoms with Gasteiger partial charge in [0, 0.05) is 12.0 Å². The second-order valence-electron chi connectivity index (χ2n) is 9.12. The van der Waals surface area contributed by atoms with Gasteiger partial charge in [-0.1, -0.05) is 82.1 Å². The number of aliphatic carboxylic acids is 1. The van der Waals surface area contributed by atoms with E-state index in [0.717, 1.165) is 35.1 Å². The van der Waals surface area contributed by atoms with E-state index in [1.807, 2.05) is 57.2 Å². The number of carboxylic acids is 1. The number of hydrogen-bond donors (Lipinski definition) is 3. The largest absolute Gasteiger partial charge is 0.481 e. The first-order chi connectivity index (χ1) is 16.3. The van der Waals surface area contributed by atoms with Crippen molar-refractivity contribution in [3.63, 3.8) is 0 Å². The zero-order chi connectivity index (χ0) is 24.7. The summed E-state index contributed by atoms with van der Waals surface area (Å²) in [5.74, 6) is -1.49. The average molecular weight is 467 g/mol. The van der Waals surface area contributed by atoms with E-state index in [0.29, 0.717) is 6.42 Å². The van der Waals surface area contributed by atoms with Crippen LogP contribution in [0.2, 0.25) is 0 Å². The Labute approximate surface area is 200 Å². The molecule has 0 aromatic heterocycles. The monoisotopic (exact) mass is 466 g/mol. The van der Waals surface area contributed by atoms with E-state index < -0.39 is 24.1 Å². The lowest BCUT2D eigenvalue weighted by Crippen LogP contribution is -2.51. The van der Waals surface area contributed by atoms with Gasteiger partial charge in [-0.3, -0.25) is 9.59 Å². The second-order valence-corrected chi connectivity index (χ2v) is 9.12. The highest BCUT2D eigenvalue weighted by Crippen LogP contribution is 2.44. The number of carbonyl (C=O) groups is 3. The van der Waals surface area contributed by atoms with Crippen LogP contribution in [-0.2, 0) is 14.3 Å². The Bertz CT molecular complexity index is 974. The highest BCUT2D eigenvalue weighted by molar-refractivity contribution is 5.86. The van der Waals surface area contributed by atoms with E-state index in [-0.39, 0.29) is 30.8 Å². The number of hydrogen-bond acceptors (Lipinski definition) is 4. The number of unbranched alkanes of at least 4 members (excludes halogenated alkanes) is 1. The van der Waals surface area contributed by atoms with Gasteiger partial charge in [0.1, 0.15) is 12.6 Å². The molecule has 1 aliphatic carbocycles. The third kappa shape index (κ3) is 6.16. The SMILES string of the molecule is CCCCC(NC(=O)OCC1c2ccccc2-c2ccccc21)C(=O)NC(CC(=O)O)C(C)C. The fourth-order valence-corrected chi connectivity index (χ4v) is 4.38. The van der Waals surface area contributed by atoms with E-state index in [2.05, 4.69) is 22.8 Å². The number of nitrogens with one attached hydrogen (secondary N) is 2. The van der Waals surface area contributed by atoms with Crippen molar-refractivity contribution in [1.82, 2.24) is 10.6 Å². The highest BCUT2D eigenvalue weighted by Gasteiger charge is 2.30. The summed E-state index contributed by atoms with van der Waals surface area (Å²) in [6, 6.07) is 14.9. The molecular weight excluding hydrogens is 432 g/mol. The molecule has 0 saturated carbocycles. The van der Waals surface area contributed by atoms with Gasteiger partial charge in [0.05, 0.1) is 6.42 Å². The first-order valence-electron chi connectivity index (χ1n) is 12.0. The summed E-state index contributed by atoms with van der Waals surface area (Å²) in [5, 5.41) is 14.6. The molecule has 0 spiro atoms. The minimum Gasteiger partial charge on any atom is -0.481 e. The van der Waals surface area contributed by atoms with E-state index in [1.54, 1.807) is 0 Å². The van der Waals surface area contributed by atoms with Crippen LogP contribution in [0.15, 0.2) is 48.5 Å². The molecular formula is C27H34N2O5. The van der Waals surface area contributed by atoms with Gasteiger partial charge in [-0.05, 0) is 34.6 Å². The van der Waals surface area contributed by atoms with Crippen molar-refractivity contribution in [2.75, 3.05) is 6.61 Å². The van der Waals surface area contributed by atoms with Crippen LogP contribution < -0.4 is 10.6 Å². The molecule has 2 aromatic carbocycles. The standard InChI is InChI=1S/C27H34N2O5/c1-4-5-14-23(26(32)28-24(17(2)3)15-25(30)31)29-27(33)34-16-22-20-12-8-6-10-18(20)19-11-7-9-13-21(19)22/h6-13,17,22-24H,4-5,14-16H2,1-3H3,(H,28,32)(H,29,33)(H,30,31). The van der Waals surface area contributed by atoms with Crippen LogP contribution >= 0.6 is 0 Å². The maximum Gasteiger partial charge on any atom is 0.407 e. The van der Waals surface area contributed by atoms with Crippen molar-refractivity contribution in [1.29, 1.82) is 0 Å². The number of amides is 2. The zero-order valence-electron chi connectivity index (χ0n) is 20.0. The Morgan fingerprint density at radius 1 is 0.971 bits per heavy atom. The minimum atomic E-state index is -0.978. The molecule has 7 nitrogen and oxygen atoms in total. The Balaban J connectivity index is 1.65. The van der Waals surface area contributed by atoms with Gasteiger partial charge in [0.15, 0.2) is 0 Å². The van der Waals surface area contributed by atoms with Crippen LogP contribution in [0.4, 0.5) is 4.79 Å². The molecule has 182 valence electrons. The van der Waals surface area contributed by atoms with E-state index in [1.165, 1.54) is 0 Å². The Hall–Kier alpha value is -3.35. The van der Waals surface area contributed by atoms with Crippen molar-refractivity contribution in [2.45, 2.75) is 64.5 Å². The second kappa shape index (κ2) is 11.7. The maximum absolute atomic E-state index is 12.9. The number of rotatable bonds is 11. The van der Waals surface area contributed by atoms with Crippen LogP contribution in [-0.4, -0.2) is 41.8 Å². The molecule has 0 fully saturated rings. The van der Waals surface area contributed by atoms with Crippen LogP contribution in [0.1, 0.15) is 63.5 Å². The van der Waals surface area contributed by atoms with Crippen molar-refractivity contribution < 1.29 is 24.2 Å². The fourth-order valence-electron chi connectivity index (χ4n) is 4.38. The molecule has 34 heavy (non-hydrogen) atoms. The van der Waals surface area contributed by atoms with Crippen molar-refractivity contribution >= 4 is 18.0 Å². The molecule has 1 aliphatic rings. The van der Waals surface area contributed by atoms with E-state index >= 15 is 0 Å². The molecule has 3 N–H and O–H groups in total. The van der Waals surface area contributed by atoms with Crippen molar-refractivity contribution in [3.05, 3.63) is 59.7 Å². The van der Waals surface area contributed by atoms with Gasteiger partial charge in [-0.2, -0.15) is 0 Å². The molecule has 2 aromatic rings. The van der Waals surface area contributed by atoms with Crippen LogP contribution in [0, 0.1) is 5.92 Å². The van der Waals surface area contributed by atoms with Crippen LogP contribution in [0.3, 0.4) is 0 Å². The minimum absolute atomic E-state index is 0.0543. The molecule has 2 amide bonds. The summed E-state index contributed by atoms with van der Waals surface area (Å²) >= 11 is 0. The van der Waals surface area contributed by atoms with E-state index in [4.69, 9.17) is 9.84 Å². The molecule has 2 unspecified atom stereocenters. The normalized spacial score (nSPS) is 14.1. The quantitative estimate of drug-likeness (QED) is 0.445. The molecule has 2 atom stereocenters. The first kappa shape index (κ1) is 25.3. The molecule has 0 bridgehead atoms. The lowest BCUT2D eigenvalue weighted by molar-refractivity contribution is -0.138. The molecule has 0 aliphatic heterocycles. The highest BCUT2D eigenvalue weighted by atomic mass is 16.5. The van der Waals surface area contributed by atoms with Gasteiger partial charge in [0.25, 0.3) is 0 Å². The molecule has 7 heteroatoms. The van der Waals surface area contributed by atoms with E-state index in [9.17, 15) is 14.4 Å². The van der Waals surface area contributed by atoms with Crippen molar-refractivity contribution in [2.24, 2.45) is 5.92 Å². The Morgan fingerprint density at radius 2 is 1.56 bits per heavy atom. The Morgan fingerprint density at radius 3 is 2.09 bits per heavy atom. The summed E-state index contributed by atoms with van der Waals surface area (Å²) in [5.41, 5.74) is 4.52. The lowest BCUT2D eigenvalue weighted by Gasteiger charge is -2.25. The average Bonchev–Trinajstić information content (AvgIpc) is 3.13. The number of alkyl carbamates (subject to hydrolysis) is 1. The summed E-state index contributed by atoms with van der Waals surface area (Å²) in [6.45, 7) is 5.88. The lowest BCUT2D eigenvalue weighted by atomic mass is 9.98. The molecule has 0 heterocycles. The molecule has 0 radical (unpaired) electrons. The van der Waals surface area contributed by atoms with Crippen LogP contribution in [0.25, 0.3) is 11.1 Å². The predicted molar refractivity (Wildman–Crippen MR) is 131 cm³/mol. The predicted octanol–water partition coefficient (Wildman–Crippen LogP) is 4.70. The van der Waals surface area contributed by atoms with Crippen molar-refractivity contribution in [3.8, 4) is 11.1 Å². The third-order valence-electron chi connectivity index (χ3n) is 6.33. The van der Waals surface area contributed by atoms with Gasteiger partial charge in [0.2, 0.25) is 5.91 Å². The zero-order valence-corrected chi connectivity index (χ0v) is 20.0. The fraction of sp³-hybridized carbons (Fsp3) is 0.444. The molecule has 3 rings (SSSR count). The number of fused-ring (bicyclic) bond motifs is 3. The van der Waals surface area contributed by atoms with Gasteiger partial charge < -0.3 is 20.5 Å². The summed E-state index contributed by atoms with van der Waals surface area (Å²) in [4.78, 5) is 36.7. The molecule has 0 saturated heterocycles. The summed E-state index contributed by atoms with van der Waals surface area (Å²) < 4.78 is 5.59. The number of ether oxygens (including phenoxy) is 1.